The molecule has 9 nitrogen and oxygen atoms in total. The molecule has 0 radical (unpaired) electrons. The van der Waals surface area contributed by atoms with Crippen LogP contribution in [0.3, 0.4) is 0 Å². The third kappa shape index (κ3) is 10.4. The molecule has 0 saturated carbocycles. The smallest absolute Gasteiger partial charge is 0.335 e. The van der Waals surface area contributed by atoms with E-state index in [-0.39, 0.29) is 45.1 Å². The molecule has 2 bridgehead atoms. The van der Waals surface area contributed by atoms with Crippen LogP contribution in [-0.2, 0) is 68.9 Å². The van der Waals surface area contributed by atoms with Gasteiger partial charge >= 0.3 is 5.97 Å². The highest BCUT2D eigenvalue weighted by atomic mass is 16.8. The maximum absolute atomic E-state index is 13.4. The molecular formula is C46H54O9. The Morgan fingerprint density at radius 2 is 1.29 bits per heavy atom. The SMILES string of the molecule is C=C(CC[C@]12O[C@H](C(=O)OC)C[C@](COCOC)(O1)[C@H](OCc1ccccc1)[C@H]2OCc1ccccc1)[C@@H](OCc1ccccc1)[C@H](C)Cc1ccccc1. The van der Waals surface area contributed by atoms with Crippen molar-refractivity contribution in [3.8, 4) is 0 Å². The number of benzene rings is 4. The number of hydrogen-bond donors (Lipinski definition) is 0. The standard InChI is InChI=1S/C46H54O9/c1-34(41(51-29-37-19-11-6-12-20-37)35(2)27-36-17-9-5-10-18-36)25-26-46-43(53-31-39-23-15-8-16-24-39)42(52-30-38-21-13-7-14-22-38)45(55-46,32-50-33-48-3)28-40(54-46)44(47)49-4/h5-24,35,40-43H,1,25-33H2,2-4H3/t35-,40+,41-,42-,43-,45-,46+/m1/s1. The molecular weight excluding hydrogens is 696 g/mol. The van der Waals surface area contributed by atoms with Crippen molar-refractivity contribution in [2.24, 2.45) is 5.92 Å². The lowest BCUT2D eigenvalue weighted by molar-refractivity contribution is -0.342. The van der Waals surface area contributed by atoms with Crippen LogP contribution in [0.5, 0.6) is 0 Å². The summed E-state index contributed by atoms with van der Waals surface area (Å²) in [5.74, 6) is -1.84. The van der Waals surface area contributed by atoms with Gasteiger partial charge in [-0.2, -0.15) is 0 Å². The van der Waals surface area contributed by atoms with Crippen LogP contribution in [0.1, 0.15) is 48.4 Å². The molecule has 2 saturated heterocycles. The van der Waals surface area contributed by atoms with Crippen LogP contribution in [0.4, 0.5) is 0 Å². The van der Waals surface area contributed by atoms with Crippen LogP contribution < -0.4 is 0 Å². The van der Waals surface area contributed by atoms with Gasteiger partial charge in [-0.25, -0.2) is 4.79 Å². The van der Waals surface area contributed by atoms with Gasteiger partial charge in [0.1, 0.15) is 24.6 Å². The highest BCUT2D eigenvalue weighted by molar-refractivity contribution is 5.75. The molecule has 2 aliphatic heterocycles. The minimum absolute atomic E-state index is 0.0271. The molecule has 2 aliphatic rings. The first-order chi connectivity index (χ1) is 26.8. The summed E-state index contributed by atoms with van der Waals surface area (Å²) in [6.45, 7) is 7.89. The minimum atomic E-state index is -1.43. The zero-order chi connectivity index (χ0) is 38.5. The van der Waals surface area contributed by atoms with Crippen molar-refractivity contribution in [2.45, 2.75) is 88.2 Å². The number of carbonyl (C=O) groups excluding carboxylic acids is 1. The molecule has 292 valence electrons. The first kappa shape index (κ1) is 40.5. The summed E-state index contributed by atoms with van der Waals surface area (Å²) in [5, 5.41) is 0. The van der Waals surface area contributed by atoms with Gasteiger partial charge in [0.2, 0.25) is 0 Å². The Morgan fingerprint density at radius 3 is 1.84 bits per heavy atom. The zero-order valence-corrected chi connectivity index (χ0v) is 32.2. The van der Waals surface area contributed by atoms with E-state index in [1.807, 2.05) is 84.9 Å². The summed E-state index contributed by atoms with van der Waals surface area (Å²) in [7, 11) is 2.93. The lowest BCUT2D eigenvalue weighted by Crippen LogP contribution is -2.56. The Labute approximate surface area is 325 Å². The number of ether oxygens (including phenoxy) is 8. The molecule has 2 fully saturated rings. The van der Waals surface area contributed by atoms with Crippen molar-refractivity contribution < 1.29 is 42.7 Å². The molecule has 0 N–H and O–H groups in total. The molecule has 0 aromatic heterocycles. The van der Waals surface area contributed by atoms with Crippen LogP contribution in [0, 0.1) is 5.92 Å². The van der Waals surface area contributed by atoms with Crippen LogP contribution >= 0.6 is 0 Å². The average Bonchev–Trinajstić information content (AvgIpc) is 3.40. The Bertz CT molecular complexity index is 1760. The van der Waals surface area contributed by atoms with E-state index in [4.69, 9.17) is 37.9 Å². The number of hydrogen-bond acceptors (Lipinski definition) is 9. The summed E-state index contributed by atoms with van der Waals surface area (Å²) >= 11 is 0. The van der Waals surface area contributed by atoms with E-state index in [0.717, 1.165) is 28.7 Å². The number of fused-ring (bicyclic) bond motifs is 2. The number of carbonyl (C=O) groups is 1. The molecule has 6 rings (SSSR count). The van der Waals surface area contributed by atoms with Crippen LogP contribution in [0.15, 0.2) is 133 Å². The molecule has 2 heterocycles. The third-order valence-electron chi connectivity index (χ3n) is 10.4. The summed E-state index contributed by atoms with van der Waals surface area (Å²) in [4.78, 5) is 13.4. The lowest BCUT2D eigenvalue weighted by Gasteiger charge is -2.44. The van der Waals surface area contributed by atoms with E-state index < -0.39 is 35.7 Å². The average molecular weight is 751 g/mol. The van der Waals surface area contributed by atoms with Gasteiger partial charge in [0, 0.05) is 20.0 Å². The summed E-state index contributed by atoms with van der Waals surface area (Å²) in [6, 6.07) is 40.4. The maximum Gasteiger partial charge on any atom is 0.335 e. The zero-order valence-electron chi connectivity index (χ0n) is 32.2. The predicted molar refractivity (Wildman–Crippen MR) is 209 cm³/mol. The van der Waals surface area contributed by atoms with Gasteiger partial charge in [-0.05, 0) is 46.6 Å². The Kier molecular flexibility index (Phi) is 14.4. The van der Waals surface area contributed by atoms with Crippen LogP contribution in [0.2, 0.25) is 0 Å². The largest absolute Gasteiger partial charge is 0.467 e. The van der Waals surface area contributed by atoms with Gasteiger partial charge in [-0.1, -0.05) is 135 Å². The second kappa shape index (κ2) is 19.6. The fourth-order valence-corrected chi connectivity index (χ4v) is 7.78. The number of esters is 1. The van der Waals surface area contributed by atoms with Gasteiger partial charge in [0.05, 0.1) is 39.6 Å². The van der Waals surface area contributed by atoms with Crippen LogP contribution in [0.25, 0.3) is 0 Å². The van der Waals surface area contributed by atoms with Gasteiger partial charge in [-0.15, -0.1) is 0 Å². The summed E-state index contributed by atoms with van der Waals surface area (Å²) in [5.41, 5.74) is 4.00. The van der Waals surface area contributed by atoms with Crippen molar-refractivity contribution in [1.82, 2.24) is 0 Å². The van der Waals surface area contributed by atoms with Crippen molar-refractivity contribution in [3.05, 3.63) is 156 Å². The van der Waals surface area contributed by atoms with Gasteiger partial charge in [-0.3, -0.25) is 0 Å². The monoisotopic (exact) mass is 750 g/mol. The summed E-state index contributed by atoms with van der Waals surface area (Å²) < 4.78 is 50.9. The fourth-order valence-electron chi connectivity index (χ4n) is 7.78. The molecule has 0 unspecified atom stereocenters. The Hall–Kier alpha value is -4.19. The van der Waals surface area contributed by atoms with Crippen molar-refractivity contribution in [3.63, 3.8) is 0 Å². The van der Waals surface area contributed by atoms with E-state index in [2.05, 4.69) is 49.9 Å². The molecule has 0 aliphatic carbocycles. The molecule has 4 aromatic carbocycles. The first-order valence-electron chi connectivity index (χ1n) is 19.1. The molecule has 55 heavy (non-hydrogen) atoms. The minimum Gasteiger partial charge on any atom is -0.467 e. The lowest BCUT2D eigenvalue weighted by atomic mass is 9.87. The highest BCUT2D eigenvalue weighted by Gasteiger charge is 2.70. The highest BCUT2D eigenvalue weighted by Crippen LogP contribution is 2.53. The van der Waals surface area contributed by atoms with E-state index in [9.17, 15) is 4.79 Å². The first-order valence-corrected chi connectivity index (χ1v) is 19.1. The van der Waals surface area contributed by atoms with E-state index in [1.54, 1.807) is 7.11 Å². The predicted octanol–water partition coefficient (Wildman–Crippen LogP) is 8.01. The van der Waals surface area contributed by atoms with Gasteiger partial charge in [0.15, 0.2) is 11.9 Å². The van der Waals surface area contributed by atoms with Crippen molar-refractivity contribution in [1.29, 1.82) is 0 Å². The second-order valence-corrected chi connectivity index (χ2v) is 14.5. The summed E-state index contributed by atoms with van der Waals surface area (Å²) in [6.07, 6.45) is -1.02. The quantitative estimate of drug-likeness (QED) is 0.0364. The van der Waals surface area contributed by atoms with E-state index in [0.29, 0.717) is 19.4 Å². The molecule has 9 heteroatoms. The van der Waals surface area contributed by atoms with E-state index >= 15 is 0 Å². The molecule has 7 atom stereocenters. The second-order valence-electron chi connectivity index (χ2n) is 14.5. The molecule has 0 amide bonds. The Balaban J connectivity index is 1.33. The molecule has 4 aromatic rings. The molecule has 0 spiro atoms. The number of rotatable bonds is 21. The fraction of sp³-hybridized carbons (Fsp3) is 0.413. The Morgan fingerprint density at radius 1 is 0.764 bits per heavy atom. The topological polar surface area (TPSA) is 90.9 Å². The van der Waals surface area contributed by atoms with Crippen molar-refractivity contribution >= 4 is 5.97 Å². The normalized spacial score (nSPS) is 24.2. The number of methoxy groups -OCH3 is 2. The van der Waals surface area contributed by atoms with Gasteiger partial charge in [0.25, 0.3) is 0 Å². The van der Waals surface area contributed by atoms with Gasteiger partial charge < -0.3 is 37.9 Å². The third-order valence-corrected chi connectivity index (χ3v) is 10.4. The van der Waals surface area contributed by atoms with E-state index in [1.165, 1.54) is 12.7 Å². The maximum atomic E-state index is 13.4. The van der Waals surface area contributed by atoms with Crippen LogP contribution in [-0.4, -0.2) is 69.4 Å². The van der Waals surface area contributed by atoms with Crippen molar-refractivity contribution in [2.75, 3.05) is 27.6 Å².